The SMILES string of the molecule is O=C(Nc1ccc2c(c1)OC(F)(F)O2)c1nnc(Cl)s1. The number of nitrogens with one attached hydrogen (secondary N) is 1. The van der Waals surface area contributed by atoms with Gasteiger partial charge in [-0.05, 0) is 23.7 Å². The van der Waals surface area contributed by atoms with Gasteiger partial charge in [-0.2, -0.15) is 0 Å². The highest BCUT2D eigenvalue weighted by molar-refractivity contribution is 7.17. The lowest BCUT2D eigenvalue weighted by Gasteiger charge is -2.04. The van der Waals surface area contributed by atoms with Crippen LogP contribution in [0.15, 0.2) is 18.2 Å². The Morgan fingerprint density at radius 1 is 1.30 bits per heavy atom. The van der Waals surface area contributed by atoms with Crippen LogP contribution in [0.1, 0.15) is 9.80 Å². The van der Waals surface area contributed by atoms with Gasteiger partial charge in [0.05, 0.1) is 0 Å². The van der Waals surface area contributed by atoms with Crippen molar-refractivity contribution in [1.82, 2.24) is 10.2 Å². The van der Waals surface area contributed by atoms with Gasteiger partial charge in [-0.15, -0.1) is 19.0 Å². The number of amides is 1. The molecule has 0 unspecified atom stereocenters. The predicted octanol–water partition coefficient (Wildman–Crippen LogP) is 2.77. The Hall–Kier alpha value is -2.00. The van der Waals surface area contributed by atoms with Gasteiger partial charge in [0.1, 0.15) is 0 Å². The van der Waals surface area contributed by atoms with Crippen LogP contribution in [0.5, 0.6) is 11.5 Å². The average molecular weight is 320 g/mol. The minimum Gasteiger partial charge on any atom is -0.395 e. The molecular weight excluding hydrogens is 316 g/mol. The first kappa shape index (κ1) is 13.0. The Morgan fingerprint density at radius 2 is 2.05 bits per heavy atom. The van der Waals surface area contributed by atoms with E-state index in [2.05, 4.69) is 25.0 Å². The lowest BCUT2D eigenvalue weighted by Crippen LogP contribution is -2.25. The zero-order valence-corrected chi connectivity index (χ0v) is 11.0. The Kier molecular flexibility index (Phi) is 2.94. The minimum absolute atomic E-state index is 0.0537. The van der Waals surface area contributed by atoms with Crippen molar-refractivity contribution in [3.63, 3.8) is 0 Å². The number of carbonyl (C=O) groups excluding carboxylic acids is 1. The highest BCUT2D eigenvalue weighted by atomic mass is 35.5. The first-order valence-electron chi connectivity index (χ1n) is 5.13. The van der Waals surface area contributed by atoms with Gasteiger partial charge < -0.3 is 14.8 Å². The summed E-state index contributed by atoms with van der Waals surface area (Å²) in [7, 11) is 0. The molecule has 0 atom stereocenters. The number of alkyl halides is 2. The molecule has 0 radical (unpaired) electrons. The summed E-state index contributed by atoms with van der Waals surface area (Å²) >= 11 is 6.46. The van der Waals surface area contributed by atoms with E-state index in [1.165, 1.54) is 18.2 Å². The van der Waals surface area contributed by atoms with E-state index in [1.54, 1.807) is 0 Å². The van der Waals surface area contributed by atoms with Crippen molar-refractivity contribution in [1.29, 1.82) is 0 Å². The number of anilines is 1. The minimum atomic E-state index is -3.70. The van der Waals surface area contributed by atoms with Gasteiger partial charge in [0, 0.05) is 11.8 Å². The van der Waals surface area contributed by atoms with Crippen LogP contribution in [0.2, 0.25) is 4.47 Å². The summed E-state index contributed by atoms with van der Waals surface area (Å²) in [6.07, 6.45) is -3.70. The van der Waals surface area contributed by atoms with E-state index in [0.29, 0.717) is 0 Å². The molecule has 1 aromatic heterocycles. The Morgan fingerprint density at radius 3 is 2.75 bits per heavy atom. The number of benzene rings is 1. The molecule has 20 heavy (non-hydrogen) atoms. The Balaban J connectivity index is 1.78. The molecule has 1 aromatic carbocycles. The molecule has 0 aliphatic carbocycles. The summed E-state index contributed by atoms with van der Waals surface area (Å²) < 4.78 is 34.3. The molecule has 0 saturated carbocycles. The van der Waals surface area contributed by atoms with Crippen molar-refractivity contribution >= 4 is 34.5 Å². The topological polar surface area (TPSA) is 73.3 Å². The summed E-state index contributed by atoms with van der Waals surface area (Å²) in [5.41, 5.74) is 0.251. The zero-order valence-electron chi connectivity index (χ0n) is 9.39. The fourth-order valence-corrected chi connectivity index (χ4v) is 2.23. The Labute approximate surface area is 119 Å². The summed E-state index contributed by atoms with van der Waals surface area (Å²) in [5, 5.41) is 9.55. The maximum atomic E-state index is 12.8. The normalized spacial score (nSPS) is 15.2. The third-order valence-electron chi connectivity index (χ3n) is 2.25. The molecular formula is C10H4ClF2N3O3S. The number of halogens is 3. The maximum absolute atomic E-state index is 12.8. The van der Waals surface area contributed by atoms with Crippen LogP contribution < -0.4 is 14.8 Å². The average Bonchev–Trinajstić information content (AvgIpc) is 2.90. The number of nitrogens with zero attached hydrogens (tertiary/aromatic N) is 2. The lowest BCUT2D eigenvalue weighted by atomic mass is 10.3. The molecule has 1 aliphatic rings. The molecule has 1 amide bonds. The predicted molar refractivity (Wildman–Crippen MR) is 65.5 cm³/mol. The first-order valence-corrected chi connectivity index (χ1v) is 6.33. The monoisotopic (exact) mass is 319 g/mol. The maximum Gasteiger partial charge on any atom is 0.586 e. The molecule has 0 saturated heterocycles. The van der Waals surface area contributed by atoms with E-state index >= 15 is 0 Å². The van der Waals surface area contributed by atoms with Crippen molar-refractivity contribution in [3.05, 3.63) is 27.7 Å². The number of fused-ring (bicyclic) bond motifs is 1. The molecule has 0 spiro atoms. The fourth-order valence-electron chi connectivity index (χ4n) is 1.51. The third kappa shape index (κ3) is 2.49. The van der Waals surface area contributed by atoms with Crippen LogP contribution in [0.4, 0.5) is 14.5 Å². The summed E-state index contributed by atoms with van der Waals surface area (Å²) in [5.74, 6) is -0.824. The lowest BCUT2D eigenvalue weighted by molar-refractivity contribution is -0.286. The van der Waals surface area contributed by atoms with E-state index in [4.69, 9.17) is 11.6 Å². The molecule has 10 heteroatoms. The van der Waals surface area contributed by atoms with Crippen LogP contribution in [0, 0.1) is 0 Å². The number of aromatic nitrogens is 2. The third-order valence-corrected chi connectivity index (χ3v) is 3.27. The molecule has 3 rings (SSSR count). The van der Waals surface area contributed by atoms with Crippen LogP contribution >= 0.6 is 22.9 Å². The van der Waals surface area contributed by atoms with Crippen molar-refractivity contribution < 1.29 is 23.0 Å². The quantitative estimate of drug-likeness (QED) is 0.921. The molecule has 2 heterocycles. The van der Waals surface area contributed by atoms with Crippen LogP contribution in [0.3, 0.4) is 0 Å². The molecule has 104 valence electrons. The van der Waals surface area contributed by atoms with E-state index in [1.807, 2.05) is 0 Å². The van der Waals surface area contributed by atoms with Crippen molar-refractivity contribution in [2.75, 3.05) is 5.32 Å². The van der Waals surface area contributed by atoms with Gasteiger partial charge in [0.2, 0.25) is 9.47 Å². The number of rotatable bonds is 2. The van der Waals surface area contributed by atoms with Gasteiger partial charge >= 0.3 is 6.29 Å². The highest BCUT2D eigenvalue weighted by Crippen LogP contribution is 2.42. The van der Waals surface area contributed by atoms with Gasteiger partial charge in [0.15, 0.2) is 11.5 Å². The first-order chi connectivity index (χ1) is 9.43. The molecule has 1 N–H and O–H groups in total. The molecule has 0 bridgehead atoms. The standard InChI is InChI=1S/C10H4ClF2N3O3S/c11-9-16-15-8(20-9)7(17)14-4-1-2-5-6(3-4)19-10(12,13)18-5/h1-3H,(H,14,17). The van der Waals surface area contributed by atoms with Crippen molar-refractivity contribution in [2.45, 2.75) is 6.29 Å². The molecule has 2 aromatic rings. The van der Waals surface area contributed by atoms with Gasteiger partial charge in [-0.25, -0.2) is 0 Å². The van der Waals surface area contributed by atoms with Gasteiger partial charge in [0.25, 0.3) is 5.91 Å². The molecule has 0 fully saturated rings. The fraction of sp³-hybridized carbons (Fsp3) is 0.100. The largest absolute Gasteiger partial charge is 0.586 e. The van der Waals surface area contributed by atoms with Gasteiger partial charge in [-0.1, -0.05) is 11.3 Å². The number of hydrogen-bond donors (Lipinski definition) is 1. The van der Waals surface area contributed by atoms with Gasteiger partial charge in [-0.3, -0.25) is 4.79 Å². The van der Waals surface area contributed by atoms with Crippen molar-refractivity contribution in [2.24, 2.45) is 0 Å². The highest BCUT2D eigenvalue weighted by Gasteiger charge is 2.43. The van der Waals surface area contributed by atoms with E-state index in [9.17, 15) is 13.6 Å². The van der Waals surface area contributed by atoms with E-state index in [0.717, 1.165) is 11.3 Å². The summed E-state index contributed by atoms with van der Waals surface area (Å²) in [6, 6.07) is 3.87. The van der Waals surface area contributed by atoms with E-state index in [-0.39, 0.29) is 26.7 Å². The summed E-state index contributed by atoms with van der Waals surface area (Å²) in [4.78, 5) is 11.8. The van der Waals surface area contributed by atoms with Crippen LogP contribution in [-0.4, -0.2) is 22.4 Å². The van der Waals surface area contributed by atoms with Crippen molar-refractivity contribution in [3.8, 4) is 11.5 Å². The number of ether oxygens (including phenoxy) is 2. The van der Waals surface area contributed by atoms with E-state index < -0.39 is 12.2 Å². The second-order valence-corrected chi connectivity index (χ2v) is 5.20. The number of carbonyl (C=O) groups is 1. The van der Waals surface area contributed by atoms with Crippen LogP contribution in [-0.2, 0) is 0 Å². The Bertz CT molecular complexity index is 694. The zero-order chi connectivity index (χ0) is 14.3. The smallest absolute Gasteiger partial charge is 0.395 e. The summed E-state index contributed by atoms with van der Waals surface area (Å²) in [6.45, 7) is 0. The second-order valence-electron chi connectivity index (χ2n) is 3.64. The molecule has 1 aliphatic heterocycles. The number of hydrogen-bond acceptors (Lipinski definition) is 6. The van der Waals surface area contributed by atoms with Crippen LogP contribution in [0.25, 0.3) is 0 Å². The second kappa shape index (κ2) is 4.53. The molecule has 6 nitrogen and oxygen atoms in total.